The number of halogens is 1. The average molecular weight is 280 g/mol. The fraction of sp³-hybridized carbons (Fsp3) is 0.600. The highest BCUT2D eigenvalue weighted by Crippen LogP contribution is 2.27. The number of rotatable bonds is 5. The number of nitrogens with one attached hydrogen (secondary N) is 1. The summed E-state index contributed by atoms with van der Waals surface area (Å²) in [6.07, 6.45) is 5.85. The van der Waals surface area contributed by atoms with Crippen molar-refractivity contribution in [3.63, 3.8) is 0 Å². The van der Waals surface area contributed by atoms with Crippen LogP contribution in [0.4, 0.5) is 10.1 Å². The van der Waals surface area contributed by atoms with E-state index < -0.39 is 10.7 Å². The molecular weight excluding hydrogens is 259 g/mol. The van der Waals surface area contributed by atoms with Gasteiger partial charge in [-0.3, -0.25) is 10.1 Å². The minimum Gasteiger partial charge on any atom is -0.310 e. The van der Waals surface area contributed by atoms with Crippen LogP contribution < -0.4 is 5.32 Å². The van der Waals surface area contributed by atoms with Crippen molar-refractivity contribution in [3.8, 4) is 0 Å². The molecule has 5 heteroatoms. The van der Waals surface area contributed by atoms with Crippen LogP contribution in [0.2, 0.25) is 0 Å². The predicted molar refractivity (Wildman–Crippen MR) is 75.9 cm³/mol. The van der Waals surface area contributed by atoms with Gasteiger partial charge in [-0.15, -0.1) is 0 Å². The zero-order valence-corrected chi connectivity index (χ0v) is 11.8. The van der Waals surface area contributed by atoms with Crippen LogP contribution in [0.25, 0.3) is 0 Å². The maximum Gasteiger partial charge on any atom is 0.274 e. The lowest BCUT2D eigenvalue weighted by molar-refractivity contribution is -0.385. The molecule has 1 N–H and O–H groups in total. The minimum absolute atomic E-state index is 0.0123. The summed E-state index contributed by atoms with van der Waals surface area (Å²) in [5, 5.41) is 14.3. The Kier molecular flexibility index (Phi) is 5.06. The Morgan fingerprint density at radius 1 is 1.45 bits per heavy atom. The van der Waals surface area contributed by atoms with Gasteiger partial charge in [0, 0.05) is 24.2 Å². The Morgan fingerprint density at radius 3 is 2.95 bits per heavy atom. The number of nitrogens with zero attached hydrogens (tertiary/aromatic N) is 1. The third kappa shape index (κ3) is 3.76. The van der Waals surface area contributed by atoms with E-state index in [4.69, 9.17) is 0 Å². The zero-order chi connectivity index (χ0) is 14.5. The highest BCUT2D eigenvalue weighted by atomic mass is 19.1. The molecule has 1 aromatic rings. The van der Waals surface area contributed by atoms with E-state index in [2.05, 4.69) is 12.2 Å². The van der Waals surface area contributed by atoms with Crippen LogP contribution in [0.3, 0.4) is 0 Å². The molecule has 0 aromatic heterocycles. The lowest BCUT2D eigenvalue weighted by Gasteiger charge is -2.29. The lowest BCUT2D eigenvalue weighted by atomic mass is 9.84. The minimum atomic E-state index is -0.452. The molecule has 4 nitrogen and oxygen atoms in total. The standard InChI is InChI=1S/C15H21FN2O2/c1-2-11-4-3-5-14(8-11)17-10-12-9-13(16)6-7-15(12)18(19)20/h6-7,9,11,14,17H,2-5,8,10H2,1H3. The summed E-state index contributed by atoms with van der Waals surface area (Å²) < 4.78 is 13.2. The monoisotopic (exact) mass is 280 g/mol. The normalized spacial score (nSPS) is 22.7. The van der Waals surface area contributed by atoms with Crippen molar-refractivity contribution in [2.24, 2.45) is 5.92 Å². The molecule has 2 atom stereocenters. The smallest absolute Gasteiger partial charge is 0.274 e. The number of nitro benzene ring substituents is 1. The maximum absolute atomic E-state index is 13.2. The molecule has 110 valence electrons. The fourth-order valence-electron chi connectivity index (χ4n) is 2.98. The zero-order valence-electron chi connectivity index (χ0n) is 11.8. The van der Waals surface area contributed by atoms with E-state index in [0.717, 1.165) is 24.8 Å². The van der Waals surface area contributed by atoms with Crippen molar-refractivity contribution in [1.82, 2.24) is 5.32 Å². The van der Waals surface area contributed by atoms with Gasteiger partial charge in [-0.1, -0.05) is 26.2 Å². The summed E-state index contributed by atoms with van der Waals surface area (Å²) in [6, 6.07) is 4.01. The topological polar surface area (TPSA) is 55.2 Å². The number of nitro groups is 1. The summed E-state index contributed by atoms with van der Waals surface area (Å²) in [7, 11) is 0. The van der Waals surface area contributed by atoms with Gasteiger partial charge in [0.25, 0.3) is 5.69 Å². The van der Waals surface area contributed by atoms with Gasteiger partial charge in [-0.05, 0) is 30.9 Å². The molecule has 0 spiro atoms. The maximum atomic E-state index is 13.2. The van der Waals surface area contributed by atoms with Crippen LogP contribution in [0.5, 0.6) is 0 Å². The van der Waals surface area contributed by atoms with Crippen molar-refractivity contribution in [2.75, 3.05) is 0 Å². The molecule has 1 saturated carbocycles. The Labute approximate surface area is 118 Å². The third-order valence-corrected chi connectivity index (χ3v) is 4.18. The van der Waals surface area contributed by atoms with Gasteiger partial charge < -0.3 is 5.32 Å². The summed E-state index contributed by atoms with van der Waals surface area (Å²) in [5.74, 6) is 0.311. The highest BCUT2D eigenvalue weighted by molar-refractivity contribution is 5.40. The molecule has 0 heterocycles. The predicted octanol–water partition coefficient (Wildman–Crippen LogP) is 3.79. The molecule has 0 amide bonds. The van der Waals surface area contributed by atoms with Crippen molar-refractivity contribution in [2.45, 2.75) is 51.6 Å². The van der Waals surface area contributed by atoms with E-state index >= 15 is 0 Å². The molecule has 1 aliphatic rings. The number of hydrogen-bond donors (Lipinski definition) is 1. The van der Waals surface area contributed by atoms with Crippen LogP contribution in [0.15, 0.2) is 18.2 Å². The number of benzene rings is 1. The van der Waals surface area contributed by atoms with E-state index in [1.165, 1.54) is 31.4 Å². The third-order valence-electron chi connectivity index (χ3n) is 4.18. The van der Waals surface area contributed by atoms with Gasteiger partial charge >= 0.3 is 0 Å². The molecule has 1 aliphatic carbocycles. The first-order valence-corrected chi connectivity index (χ1v) is 7.26. The molecule has 0 bridgehead atoms. The fourth-order valence-corrected chi connectivity index (χ4v) is 2.98. The Balaban J connectivity index is 1.99. The van der Waals surface area contributed by atoms with Crippen molar-refractivity contribution in [1.29, 1.82) is 0 Å². The molecule has 1 aromatic carbocycles. The van der Waals surface area contributed by atoms with Gasteiger partial charge in [-0.25, -0.2) is 4.39 Å². The van der Waals surface area contributed by atoms with Crippen molar-refractivity contribution in [3.05, 3.63) is 39.7 Å². The average Bonchev–Trinajstić information content (AvgIpc) is 2.45. The molecular formula is C15H21FN2O2. The van der Waals surface area contributed by atoms with E-state index in [1.54, 1.807) is 0 Å². The first kappa shape index (κ1) is 14.9. The van der Waals surface area contributed by atoms with Crippen LogP contribution in [0, 0.1) is 21.8 Å². The first-order valence-electron chi connectivity index (χ1n) is 7.26. The summed E-state index contributed by atoms with van der Waals surface area (Å²) in [6.45, 7) is 2.56. The first-order chi connectivity index (χ1) is 9.60. The van der Waals surface area contributed by atoms with E-state index in [1.807, 2.05) is 0 Å². The van der Waals surface area contributed by atoms with Crippen LogP contribution in [0.1, 0.15) is 44.6 Å². The summed E-state index contributed by atoms with van der Waals surface area (Å²) in [4.78, 5) is 10.5. The molecule has 0 aliphatic heterocycles. The quantitative estimate of drug-likeness (QED) is 0.659. The van der Waals surface area contributed by atoms with Crippen LogP contribution >= 0.6 is 0 Å². The van der Waals surface area contributed by atoms with E-state index in [9.17, 15) is 14.5 Å². The lowest BCUT2D eigenvalue weighted by Crippen LogP contribution is -2.33. The van der Waals surface area contributed by atoms with Crippen molar-refractivity contribution >= 4 is 5.69 Å². The van der Waals surface area contributed by atoms with Crippen LogP contribution in [-0.2, 0) is 6.54 Å². The second kappa shape index (κ2) is 6.79. The van der Waals surface area contributed by atoms with E-state index in [0.29, 0.717) is 18.2 Å². The van der Waals surface area contributed by atoms with Crippen LogP contribution in [-0.4, -0.2) is 11.0 Å². The number of hydrogen-bond acceptors (Lipinski definition) is 3. The van der Waals surface area contributed by atoms with Gasteiger partial charge in [0.15, 0.2) is 0 Å². The molecule has 2 unspecified atom stereocenters. The molecule has 0 saturated heterocycles. The SMILES string of the molecule is CCC1CCCC(NCc2cc(F)ccc2[N+](=O)[O-])C1. The highest BCUT2D eigenvalue weighted by Gasteiger charge is 2.21. The Hall–Kier alpha value is -1.49. The van der Waals surface area contributed by atoms with Gasteiger partial charge in [-0.2, -0.15) is 0 Å². The van der Waals surface area contributed by atoms with Gasteiger partial charge in [0.05, 0.1) is 4.92 Å². The Bertz CT molecular complexity index is 479. The second-order valence-electron chi connectivity index (χ2n) is 5.55. The van der Waals surface area contributed by atoms with Gasteiger partial charge in [0.1, 0.15) is 5.82 Å². The molecule has 0 radical (unpaired) electrons. The molecule has 1 fully saturated rings. The summed E-state index contributed by atoms with van der Waals surface area (Å²) in [5.41, 5.74) is 0.412. The largest absolute Gasteiger partial charge is 0.310 e. The molecule has 2 rings (SSSR count). The summed E-state index contributed by atoms with van der Waals surface area (Å²) >= 11 is 0. The van der Waals surface area contributed by atoms with Gasteiger partial charge in [0.2, 0.25) is 0 Å². The molecule has 20 heavy (non-hydrogen) atoms. The van der Waals surface area contributed by atoms with Crippen molar-refractivity contribution < 1.29 is 9.31 Å². The second-order valence-corrected chi connectivity index (χ2v) is 5.55. The Morgan fingerprint density at radius 2 is 2.25 bits per heavy atom. The van der Waals surface area contributed by atoms with E-state index in [-0.39, 0.29) is 5.69 Å².